The molecule has 1 saturated carbocycles. The molecule has 4 unspecified atom stereocenters. The molecule has 2 saturated heterocycles. The highest BCUT2D eigenvalue weighted by atomic mass is 16.8. The van der Waals surface area contributed by atoms with Crippen LogP contribution in [0.3, 0.4) is 0 Å². The van der Waals surface area contributed by atoms with E-state index in [2.05, 4.69) is 13.8 Å². The van der Waals surface area contributed by atoms with Crippen molar-refractivity contribution >= 4 is 0 Å². The molecular formula is C6H8O2. The summed E-state index contributed by atoms with van der Waals surface area (Å²) in [5.74, 6) is 0. The van der Waals surface area contributed by atoms with Gasteiger partial charge in [0.2, 0.25) is 0 Å². The smallest absolute Gasteiger partial charge is 0.126 e. The van der Waals surface area contributed by atoms with E-state index in [1.54, 1.807) is 0 Å². The lowest BCUT2D eigenvalue weighted by Crippen LogP contribution is -2.43. The molecule has 1 aliphatic carbocycles. The fourth-order valence-electron chi connectivity index (χ4n) is 1.86. The van der Waals surface area contributed by atoms with E-state index in [1.807, 2.05) is 0 Å². The fourth-order valence-corrected chi connectivity index (χ4v) is 1.86. The highest BCUT2D eigenvalue weighted by Crippen LogP contribution is 2.72. The van der Waals surface area contributed by atoms with Gasteiger partial charge in [-0.05, 0) is 13.8 Å². The van der Waals surface area contributed by atoms with Gasteiger partial charge in [-0.2, -0.15) is 0 Å². The Kier molecular flexibility index (Phi) is 0.294. The van der Waals surface area contributed by atoms with Crippen LogP contribution in [0.2, 0.25) is 0 Å². The predicted molar refractivity (Wildman–Crippen MR) is 26.6 cm³/mol. The van der Waals surface area contributed by atoms with E-state index >= 15 is 0 Å². The van der Waals surface area contributed by atoms with E-state index in [1.165, 1.54) is 0 Å². The zero-order valence-electron chi connectivity index (χ0n) is 4.97. The summed E-state index contributed by atoms with van der Waals surface area (Å²) in [6.45, 7) is 4.25. The van der Waals surface area contributed by atoms with Gasteiger partial charge in [-0.25, -0.2) is 0 Å². The first-order valence-corrected chi connectivity index (χ1v) is 3.04. The van der Waals surface area contributed by atoms with Crippen LogP contribution in [-0.2, 0) is 9.47 Å². The summed E-state index contributed by atoms with van der Waals surface area (Å²) in [6, 6.07) is 0. The lowest BCUT2D eigenvalue weighted by Gasteiger charge is -2.17. The van der Waals surface area contributed by atoms with Crippen LogP contribution in [0.25, 0.3) is 0 Å². The highest BCUT2D eigenvalue weighted by molar-refractivity contribution is 5.39. The number of fused-ring (bicyclic) bond motifs is 4. The summed E-state index contributed by atoms with van der Waals surface area (Å²) in [7, 11) is 0. The summed E-state index contributed by atoms with van der Waals surface area (Å²) in [5.41, 5.74) is 0.273. The Morgan fingerprint density at radius 3 is 1.50 bits per heavy atom. The molecule has 0 N–H and O–H groups in total. The highest BCUT2D eigenvalue weighted by Gasteiger charge is 2.92. The average molecular weight is 112 g/mol. The monoisotopic (exact) mass is 112 g/mol. The van der Waals surface area contributed by atoms with Gasteiger partial charge in [0, 0.05) is 0 Å². The fraction of sp³-hybridized carbons (Fsp3) is 1.00. The molecule has 2 nitrogen and oxygen atoms in total. The van der Waals surface area contributed by atoms with Gasteiger partial charge in [-0.15, -0.1) is 0 Å². The first kappa shape index (κ1) is 3.85. The molecule has 0 bridgehead atoms. The topological polar surface area (TPSA) is 25.1 Å². The quantitative estimate of drug-likeness (QED) is 0.421. The molecule has 0 aromatic rings. The van der Waals surface area contributed by atoms with Crippen molar-refractivity contribution in [1.29, 1.82) is 0 Å². The minimum atomic E-state index is 0.137. The minimum Gasteiger partial charge on any atom is -0.360 e. The van der Waals surface area contributed by atoms with Crippen LogP contribution in [0.15, 0.2) is 0 Å². The third-order valence-corrected chi connectivity index (χ3v) is 2.98. The maximum Gasteiger partial charge on any atom is 0.126 e. The molecule has 2 heteroatoms. The number of epoxide rings is 2. The molecule has 8 heavy (non-hydrogen) atoms. The van der Waals surface area contributed by atoms with Crippen molar-refractivity contribution in [2.24, 2.45) is 0 Å². The van der Waals surface area contributed by atoms with Gasteiger partial charge < -0.3 is 9.47 Å². The SMILES string of the molecule is CC12OC1C1OC12C. The average Bonchev–Trinajstić information content (AvgIpc) is 2.49. The maximum atomic E-state index is 5.36. The Morgan fingerprint density at radius 1 is 1.00 bits per heavy atom. The molecule has 2 aliphatic heterocycles. The van der Waals surface area contributed by atoms with E-state index in [0.717, 1.165) is 0 Å². The van der Waals surface area contributed by atoms with Crippen molar-refractivity contribution in [3.05, 3.63) is 0 Å². The molecule has 0 aromatic carbocycles. The standard InChI is InChI=1S/C6H8O2/c1-5-3(7-5)4-6(5,2)8-4/h3-4H,1-2H3. The van der Waals surface area contributed by atoms with Gasteiger partial charge in [-0.1, -0.05) is 0 Å². The Labute approximate surface area is 47.8 Å². The van der Waals surface area contributed by atoms with Crippen molar-refractivity contribution in [3.63, 3.8) is 0 Å². The van der Waals surface area contributed by atoms with Crippen molar-refractivity contribution in [2.45, 2.75) is 37.3 Å². The van der Waals surface area contributed by atoms with Gasteiger partial charge in [0.05, 0.1) is 0 Å². The summed E-state index contributed by atoms with van der Waals surface area (Å²) < 4.78 is 10.7. The molecular weight excluding hydrogens is 104 g/mol. The van der Waals surface area contributed by atoms with E-state index in [9.17, 15) is 0 Å². The normalized spacial score (nSPS) is 81.8. The molecule has 0 amide bonds. The first-order valence-electron chi connectivity index (χ1n) is 3.04. The molecule has 3 aliphatic rings. The minimum absolute atomic E-state index is 0.137. The van der Waals surface area contributed by atoms with E-state index in [0.29, 0.717) is 12.2 Å². The molecule has 0 spiro atoms. The van der Waals surface area contributed by atoms with Gasteiger partial charge in [0.1, 0.15) is 23.4 Å². The van der Waals surface area contributed by atoms with Gasteiger partial charge >= 0.3 is 0 Å². The number of rotatable bonds is 0. The Balaban J connectivity index is 2.12. The van der Waals surface area contributed by atoms with Crippen LogP contribution in [0.5, 0.6) is 0 Å². The summed E-state index contributed by atoms with van der Waals surface area (Å²) in [5, 5.41) is 0. The van der Waals surface area contributed by atoms with Crippen LogP contribution in [0.4, 0.5) is 0 Å². The van der Waals surface area contributed by atoms with E-state index in [4.69, 9.17) is 9.47 Å². The largest absolute Gasteiger partial charge is 0.360 e. The first-order chi connectivity index (χ1) is 3.68. The third kappa shape index (κ3) is 0.150. The molecule has 3 fully saturated rings. The second-order valence-corrected chi connectivity index (χ2v) is 3.29. The van der Waals surface area contributed by atoms with Gasteiger partial charge in [0.25, 0.3) is 0 Å². The summed E-state index contributed by atoms with van der Waals surface area (Å²) in [4.78, 5) is 0. The number of ether oxygens (including phenoxy) is 2. The predicted octanol–water partition coefficient (Wildman–Crippen LogP) is 0.315. The molecule has 2 heterocycles. The lowest BCUT2D eigenvalue weighted by molar-refractivity contribution is 0.178. The lowest BCUT2D eigenvalue weighted by atomic mass is 9.76. The van der Waals surface area contributed by atoms with Crippen LogP contribution in [0.1, 0.15) is 13.8 Å². The summed E-state index contributed by atoms with van der Waals surface area (Å²) in [6.07, 6.45) is 0.931. The Hall–Kier alpha value is -0.0800. The zero-order valence-corrected chi connectivity index (χ0v) is 4.97. The molecule has 0 radical (unpaired) electrons. The van der Waals surface area contributed by atoms with E-state index in [-0.39, 0.29) is 11.2 Å². The van der Waals surface area contributed by atoms with Crippen LogP contribution in [-0.4, -0.2) is 23.4 Å². The van der Waals surface area contributed by atoms with Crippen molar-refractivity contribution < 1.29 is 9.47 Å². The maximum absolute atomic E-state index is 5.36. The zero-order chi connectivity index (χ0) is 5.57. The van der Waals surface area contributed by atoms with Crippen LogP contribution >= 0.6 is 0 Å². The van der Waals surface area contributed by atoms with Gasteiger partial charge in [0.15, 0.2) is 0 Å². The third-order valence-electron chi connectivity index (χ3n) is 2.98. The second-order valence-electron chi connectivity index (χ2n) is 3.29. The Morgan fingerprint density at radius 2 is 1.38 bits per heavy atom. The number of hydrogen-bond donors (Lipinski definition) is 0. The summed E-state index contributed by atoms with van der Waals surface area (Å²) >= 11 is 0. The van der Waals surface area contributed by atoms with Crippen LogP contribution < -0.4 is 0 Å². The van der Waals surface area contributed by atoms with Crippen molar-refractivity contribution in [3.8, 4) is 0 Å². The Bertz CT molecular complexity index is 159. The molecule has 0 aromatic heterocycles. The molecule has 3 rings (SSSR count). The van der Waals surface area contributed by atoms with Crippen molar-refractivity contribution in [2.75, 3.05) is 0 Å². The number of hydrogen-bond acceptors (Lipinski definition) is 2. The van der Waals surface area contributed by atoms with Gasteiger partial charge in [-0.3, -0.25) is 0 Å². The van der Waals surface area contributed by atoms with E-state index < -0.39 is 0 Å². The van der Waals surface area contributed by atoms with Crippen molar-refractivity contribution in [1.82, 2.24) is 0 Å². The molecule has 44 valence electrons. The van der Waals surface area contributed by atoms with Crippen LogP contribution in [0, 0.1) is 0 Å². The molecule has 4 atom stereocenters. The second kappa shape index (κ2) is 0.611.